The van der Waals surface area contributed by atoms with E-state index < -0.39 is 4.92 Å². The van der Waals surface area contributed by atoms with Crippen molar-refractivity contribution < 1.29 is 4.92 Å². The molecule has 0 amide bonds. The van der Waals surface area contributed by atoms with Gasteiger partial charge in [0.1, 0.15) is 10.2 Å². The van der Waals surface area contributed by atoms with Crippen LogP contribution in [0.2, 0.25) is 10.2 Å². The number of nitro benzene ring substituents is 1. The van der Waals surface area contributed by atoms with Gasteiger partial charge in [-0.1, -0.05) is 23.2 Å². The summed E-state index contributed by atoms with van der Waals surface area (Å²) in [6.07, 6.45) is 0.749. The Labute approximate surface area is 154 Å². The fourth-order valence-corrected chi connectivity index (χ4v) is 2.57. The van der Waals surface area contributed by atoms with Crippen molar-refractivity contribution in [1.29, 1.82) is 0 Å². The highest BCUT2D eigenvalue weighted by Gasteiger charge is 2.10. The number of halogens is 2. The van der Waals surface area contributed by atoms with Crippen LogP contribution in [0.5, 0.6) is 0 Å². The van der Waals surface area contributed by atoms with Gasteiger partial charge in [-0.15, -0.1) is 0 Å². The molecule has 0 bridgehead atoms. The van der Waals surface area contributed by atoms with Crippen LogP contribution in [0.3, 0.4) is 0 Å². The van der Waals surface area contributed by atoms with Crippen molar-refractivity contribution in [2.75, 3.05) is 11.9 Å². The number of anilines is 1. The SMILES string of the molecule is Cc1nn(CCCNC(=S)Nc2ccc([N+](=O)[O-])cc2)c(Cl)c1Cl. The number of nitrogens with one attached hydrogen (secondary N) is 2. The molecule has 0 unspecified atom stereocenters. The van der Waals surface area contributed by atoms with Gasteiger partial charge in [-0.3, -0.25) is 14.8 Å². The third kappa shape index (κ3) is 4.80. The molecule has 0 saturated heterocycles. The van der Waals surface area contributed by atoms with E-state index in [0.29, 0.717) is 39.8 Å². The third-order valence-corrected chi connectivity index (χ3v) is 4.34. The fourth-order valence-electron chi connectivity index (χ4n) is 1.95. The number of aromatic nitrogens is 2. The number of benzene rings is 1. The van der Waals surface area contributed by atoms with E-state index in [2.05, 4.69) is 15.7 Å². The second-order valence-electron chi connectivity index (χ2n) is 4.95. The van der Waals surface area contributed by atoms with Gasteiger partial charge in [0.25, 0.3) is 5.69 Å². The summed E-state index contributed by atoms with van der Waals surface area (Å²) in [4.78, 5) is 10.1. The van der Waals surface area contributed by atoms with Crippen molar-refractivity contribution >= 4 is 51.9 Å². The molecule has 2 N–H and O–H groups in total. The zero-order valence-corrected chi connectivity index (χ0v) is 15.1. The summed E-state index contributed by atoms with van der Waals surface area (Å²) in [5, 5.41) is 22.2. The third-order valence-electron chi connectivity index (χ3n) is 3.16. The van der Waals surface area contributed by atoms with E-state index in [1.807, 2.05) is 0 Å². The van der Waals surface area contributed by atoms with Crippen LogP contribution < -0.4 is 10.6 Å². The zero-order chi connectivity index (χ0) is 17.7. The molecule has 1 aromatic carbocycles. The molecular formula is C14H15Cl2N5O2S. The molecule has 0 aliphatic heterocycles. The molecule has 0 saturated carbocycles. The molecule has 0 fully saturated rings. The number of aryl methyl sites for hydroxylation is 2. The molecule has 10 heteroatoms. The van der Waals surface area contributed by atoms with Crippen LogP contribution in [0.15, 0.2) is 24.3 Å². The fraction of sp³-hybridized carbons (Fsp3) is 0.286. The molecule has 0 spiro atoms. The van der Waals surface area contributed by atoms with E-state index in [0.717, 1.165) is 6.42 Å². The molecule has 0 aliphatic rings. The maximum absolute atomic E-state index is 10.6. The lowest BCUT2D eigenvalue weighted by atomic mass is 10.3. The van der Waals surface area contributed by atoms with Gasteiger partial charge in [0.2, 0.25) is 0 Å². The van der Waals surface area contributed by atoms with Crippen LogP contribution in [0.4, 0.5) is 11.4 Å². The molecule has 2 aromatic rings. The number of hydrogen-bond donors (Lipinski definition) is 2. The van der Waals surface area contributed by atoms with E-state index >= 15 is 0 Å². The average molecular weight is 388 g/mol. The number of non-ortho nitro benzene ring substituents is 1. The van der Waals surface area contributed by atoms with Crippen molar-refractivity contribution in [3.63, 3.8) is 0 Å². The first kappa shape index (κ1) is 18.4. The number of nitrogens with zero attached hydrogens (tertiary/aromatic N) is 3. The first-order chi connectivity index (χ1) is 11.4. The molecule has 2 rings (SSSR count). The lowest BCUT2D eigenvalue weighted by molar-refractivity contribution is -0.384. The Bertz CT molecular complexity index is 748. The lowest BCUT2D eigenvalue weighted by Gasteiger charge is -2.10. The lowest BCUT2D eigenvalue weighted by Crippen LogP contribution is -2.29. The normalized spacial score (nSPS) is 10.5. The van der Waals surface area contributed by atoms with E-state index in [9.17, 15) is 10.1 Å². The Hall–Kier alpha value is -1.90. The molecule has 24 heavy (non-hydrogen) atoms. The molecular weight excluding hydrogens is 373 g/mol. The van der Waals surface area contributed by atoms with Gasteiger partial charge in [0.15, 0.2) is 5.11 Å². The first-order valence-corrected chi connectivity index (χ1v) is 8.22. The van der Waals surface area contributed by atoms with Gasteiger partial charge in [-0.25, -0.2) is 0 Å². The number of rotatable bonds is 6. The summed E-state index contributed by atoms with van der Waals surface area (Å²) in [6, 6.07) is 6.02. The zero-order valence-electron chi connectivity index (χ0n) is 12.8. The molecule has 7 nitrogen and oxygen atoms in total. The number of thiocarbonyl (C=S) groups is 1. The minimum atomic E-state index is -0.450. The van der Waals surface area contributed by atoms with Crippen LogP contribution in [-0.4, -0.2) is 26.4 Å². The van der Waals surface area contributed by atoms with Crippen LogP contribution in [0, 0.1) is 17.0 Å². The highest BCUT2D eigenvalue weighted by Crippen LogP contribution is 2.24. The van der Waals surface area contributed by atoms with E-state index in [4.69, 9.17) is 35.4 Å². The van der Waals surface area contributed by atoms with Gasteiger partial charge in [-0.2, -0.15) is 5.10 Å². The predicted octanol–water partition coefficient (Wildman–Crippen LogP) is 3.78. The maximum atomic E-state index is 10.6. The molecule has 0 aliphatic carbocycles. The summed E-state index contributed by atoms with van der Waals surface area (Å²) < 4.78 is 1.65. The van der Waals surface area contributed by atoms with Crippen LogP contribution in [-0.2, 0) is 6.54 Å². The topological polar surface area (TPSA) is 85.0 Å². The quantitative estimate of drug-likeness (QED) is 0.339. The molecule has 1 aromatic heterocycles. The summed E-state index contributed by atoms with van der Waals surface area (Å²) >= 11 is 17.2. The Kier molecular flexibility index (Phi) is 6.36. The Morgan fingerprint density at radius 2 is 2.04 bits per heavy atom. The minimum absolute atomic E-state index is 0.0319. The Morgan fingerprint density at radius 1 is 1.38 bits per heavy atom. The van der Waals surface area contributed by atoms with Crippen LogP contribution in [0.1, 0.15) is 12.1 Å². The Balaban J connectivity index is 1.75. The monoisotopic (exact) mass is 387 g/mol. The van der Waals surface area contributed by atoms with Crippen molar-refractivity contribution in [2.45, 2.75) is 19.9 Å². The largest absolute Gasteiger partial charge is 0.362 e. The molecule has 0 radical (unpaired) electrons. The van der Waals surface area contributed by atoms with Crippen molar-refractivity contribution in [3.8, 4) is 0 Å². The second kappa shape index (κ2) is 8.27. The highest BCUT2D eigenvalue weighted by atomic mass is 35.5. The van der Waals surface area contributed by atoms with Gasteiger partial charge in [0, 0.05) is 30.9 Å². The van der Waals surface area contributed by atoms with Gasteiger partial charge in [0.05, 0.1) is 10.6 Å². The number of hydrogen-bond acceptors (Lipinski definition) is 4. The number of nitro groups is 1. The Morgan fingerprint density at radius 3 is 2.58 bits per heavy atom. The standard InChI is InChI=1S/C14H15Cl2N5O2S/c1-9-12(15)13(16)20(19-9)8-2-7-17-14(24)18-10-3-5-11(6-4-10)21(22)23/h3-6H,2,7-8H2,1H3,(H2,17,18,24). The van der Waals surface area contributed by atoms with Gasteiger partial charge in [-0.05, 0) is 37.7 Å². The van der Waals surface area contributed by atoms with Crippen LogP contribution in [0.25, 0.3) is 0 Å². The first-order valence-electron chi connectivity index (χ1n) is 7.06. The average Bonchev–Trinajstić information content (AvgIpc) is 2.79. The molecule has 128 valence electrons. The van der Waals surface area contributed by atoms with Gasteiger partial charge < -0.3 is 10.6 Å². The van der Waals surface area contributed by atoms with E-state index in [-0.39, 0.29) is 5.69 Å². The van der Waals surface area contributed by atoms with E-state index in [1.54, 1.807) is 23.7 Å². The van der Waals surface area contributed by atoms with E-state index in [1.165, 1.54) is 12.1 Å². The minimum Gasteiger partial charge on any atom is -0.362 e. The second-order valence-corrected chi connectivity index (χ2v) is 6.10. The summed E-state index contributed by atoms with van der Waals surface area (Å²) in [6.45, 7) is 3.03. The predicted molar refractivity (Wildman–Crippen MR) is 98.9 cm³/mol. The highest BCUT2D eigenvalue weighted by molar-refractivity contribution is 7.80. The maximum Gasteiger partial charge on any atom is 0.269 e. The van der Waals surface area contributed by atoms with Crippen molar-refractivity contribution in [3.05, 3.63) is 50.2 Å². The smallest absolute Gasteiger partial charge is 0.269 e. The van der Waals surface area contributed by atoms with Gasteiger partial charge >= 0.3 is 0 Å². The van der Waals surface area contributed by atoms with Crippen molar-refractivity contribution in [2.24, 2.45) is 0 Å². The summed E-state index contributed by atoms with van der Waals surface area (Å²) in [5.74, 6) is 0. The summed E-state index contributed by atoms with van der Waals surface area (Å²) in [5.41, 5.74) is 1.41. The van der Waals surface area contributed by atoms with Crippen molar-refractivity contribution in [1.82, 2.24) is 15.1 Å². The van der Waals surface area contributed by atoms with Crippen LogP contribution >= 0.6 is 35.4 Å². The summed E-state index contributed by atoms with van der Waals surface area (Å²) in [7, 11) is 0. The molecule has 0 atom stereocenters. The molecule has 1 heterocycles.